The molecule has 0 aliphatic rings. The van der Waals surface area contributed by atoms with Gasteiger partial charge in [-0.2, -0.15) is 0 Å². The molecule has 0 aliphatic carbocycles. The number of nitrogens with one attached hydrogen (secondary N) is 1. The third-order valence-electron chi connectivity index (χ3n) is 2.27. The maximum atomic E-state index is 12.0. The number of rotatable bonds is 4. The highest BCUT2D eigenvalue weighted by atomic mass is 79.9. The van der Waals surface area contributed by atoms with Crippen molar-refractivity contribution in [2.24, 2.45) is 0 Å². The van der Waals surface area contributed by atoms with Gasteiger partial charge in [0.25, 0.3) is 5.91 Å². The molecule has 20 heavy (non-hydrogen) atoms. The Morgan fingerprint density at radius 1 is 1.30 bits per heavy atom. The predicted molar refractivity (Wildman–Crippen MR) is 77.5 cm³/mol. The maximum absolute atomic E-state index is 12.0. The van der Waals surface area contributed by atoms with Crippen molar-refractivity contribution >= 4 is 49.4 Å². The summed E-state index contributed by atoms with van der Waals surface area (Å²) in [7, 11) is 0. The van der Waals surface area contributed by atoms with Crippen LogP contribution in [0.4, 0.5) is 5.69 Å². The molecule has 0 saturated carbocycles. The molecule has 1 aromatic carbocycles. The molecule has 0 aliphatic heterocycles. The van der Waals surface area contributed by atoms with Gasteiger partial charge < -0.3 is 10.4 Å². The molecular weight excluding hydrogens is 396 g/mol. The predicted octanol–water partition coefficient (Wildman–Crippen LogP) is 2.14. The van der Waals surface area contributed by atoms with Gasteiger partial charge in [0.2, 0.25) is 0 Å². The molecule has 9 heteroatoms. The summed E-state index contributed by atoms with van der Waals surface area (Å²) in [5.74, 6) is -1.54. The molecule has 2 rings (SSSR count). The minimum Gasteiger partial charge on any atom is -0.480 e. The summed E-state index contributed by atoms with van der Waals surface area (Å²) in [6.45, 7) is -0.348. The molecule has 1 amide bonds. The minimum absolute atomic E-state index is 0.0360. The SMILES string of the molecule is O=C(O)Cn1cc(C(=O)Nc2c(Br)cccc2Br)nn1. The molecule has 104 valence electrons. The Balaban J connectivity index is 2.16. The van der Waals surface area contributed by atoms with Crippen molar-refractivity contribution in [1.82, 2.24) is 15.0 Å². The number of hydrogen-bond acceptors (Lipinski definition) is 4. The van der Waals surface area contributed by atoms with Crippen molar-refractivity contribution in [3.63, 3.8) is 0 Å². The Kier molecular flexibility index (Phi) is 4.50. The molecule has 0 fully saturated rings. The van der Waals surface area contributed by atoms with Crippen molar-refractivity contribution in [3.8, 4) is 0 Å². The number of carbonyl (C=O) groups excluding carboxylic acids is 1. The Labute approximate surface area is 130 Å². The van der Waals surface area contributed by atoms with E-state index in [1.807, 2.05) is 6.07 Å². The fourth-order valence-electron chi connectivity index (χ4n) is 1.41. The van der Waals surface area contributed by atoms with Gasteiger partial charge in [-0.25, -0.2) is 4.68 Å². The fourth-order valence-corrected chi connectivity index (χ4v) is 2.61. The highest BCUT2D eigenvalue weighted by molar-refractivity contribution is 9.11. The van der Waals surface area contributed by atoms with E-state index in [0.717, 1.165) is 4.68 Å². The van der Waals surface area contributed by atoms with Crippen molar-refractivity contribution in [1.29, 1.82) is 0 Å². The zero-order valence-electron chi connectivity index (χ0n) is 9.88. The van der Waals surface area contributed by atoms with E-state index in [0.29, 0.717) is 14.6 Å². The number of carboxylic acid groups (broad SMARTS) is 1. The van der Waals surface area contributed by atoms with E-state index >= 15 is 0 Å². The summed E-state index contributed by atoms with van der Waals surface area (Å²) < 4.78 is 2.49. The van der Waals surface area contributed by atoms with Crippen LogP contribution in [0.25, 0.3) is 0 Å². The van der Waals surface area contributed by atoms with Crippen LogP contribution >= 0.6 is 31.9 Å². The summed E-state index contributed by atoms with van der Waals surface area (Å²) in [6, 6.07) is 5.37. The highest BCUT2D eigenvalue weighted by Gasteiger charge is 2.15. The van der Waals surface area contributed by atoms with Gasteiger partial charge in [-0.1, -0.05) is 11.3 Å². The average Bonchev–Trinajstić information content (AvgIpc) is 2.81. The zero-order chi connectivity index (χ0) is 14.7. The van der Waals surface area contributed by atoms with E-state index in [2.05, 4.69) is 47.5 Å². The third kappa shape index (κ3) is 3.42. The summed E-state index contributed by atoms with van der Waals surface area (Å²) in [5.41, 5.74) is 0.596. The molecule has 2 N–H and O–H groups in total. The van der Waals surface area contributed by atoms with Crippen LogP contribution in [0.2, 0.25) is 0 Å². The van der Waals surface area contributed by atoms with Gasteiger partial charge in [-0.05, 0) is 44.0 Å². The van der Waals surface area contributed by atoms with Crippen LogP contribution in [0.3, 0.4) is 0 Å². The zero-order valence-corrected chi connectivity index (χ0v) is 13.0. The largest absolute Gasteiger partial charge is 0.480 e. The number of carboxylic acids is 1. The lowest BCUT2D eigenvalue weighted by Gasteiger charge is -2.07. The van der Waals surface area contributed by atoms with Gasteiger partial charge in [0.1, 0.15) is 6.54 Å². The molecule has 0 spiro atoms. The molecule has 0 unspecified atom stereocenters. The molecule has 0 atom stereocenters. The van der Waals surface area contributed by atoms with E-state index in [4.69, 9.17) is 5.11 Å². The van der Waals surface area contributed by atoms with Gasteiger partial charge in [0, 0.05) is 8.95 Å². The first-order chi connectivity index (χ1) is 9.47. The van der Waals surface area contributed by atoms with E-state index in [1.54, 1.807) is 12.1 Å². The molecule has 2 aromatic rings. The number of amides is 1. The summed E-state index contributed by atoms with van der Waals surface area (Å²) in [5, 5.41) is 18.5. The number of aliphatic carboxylic acids is 1. The number of aromatic nitrogens is 3. The molecule has 0 radical (unpaired) electrons. The van der Waals surface area contributed by atoms with Crippen LogP contribution < -0.4 is 5.32 Å². The van der Waals surface area contributed by atoms with Crippen molar-refractivity contribution in [2.45, 2.75) is 6.54 Å². The normalized spacial score (nSPS) is 10.3. The first kappa shape index (κ1) is 14.7. The van der Waals surface area contributed by atoms with Crippen LogP contribution in [-0.4, -0.2) is 32.0 Å². The van der Waals surface area contributed by atoms with Crippen LogP contribution in [0.15, 0.2) is 33.3 Å². The Morgan fingerprint density at radius 2 is 1.95 bits per heavy atom. The number of anilines is 1. The van der Waals surface area contributed by atoms with E-state index in [9.17, 15) is 9.59 Å². The number of nitrogens with zero attached hydrogens (tertiary/aromatic N) is 3. The lowest BCUT2D eigenvalue weighted by atomic mass is 10.3. The third-order valence-corrected chi connectivity index (χ3v) is 3.59. The fraction of sp³-hybridized carbons (Fsp3) is 0.0909. The lowest BCUT2D eigenvalue weighted by Crippen LogP contribution is -2.13. The van der Waals surface area contributed by atoms with Gasteiger partial charge in [-0.15, -0.1) is 5.10 Å². The molecule has 0 saturated heterocycles. The minimum atomic E-state index is -1.06. The lowest BCUT2D eigenvalue weighted by molar-refractivity contribution is -0.137. The smallest absolute Gasteiger partial charge is 0.325 e. The molecular formula is C11H8Br2N4O3. The van der Waals surface area contributed by atoms with Crippen LogP contribution in [0.5, 0.6) is 0 Å². The monoisotopic (exact) mass is 402 g/mol. The van der Waals surface area contributed by atoms with Crippen molar-refractivity contribution < 1.29 is 14.7 Å². The van der Waals surface area contributed by atoms with E-state index in [1.165, 1.54) is 6.20 Å². The van der Waals surface area contributed by atoms with E-state index < -0.39 is 11.9 Å². The second-order valence-corrected chi connectivity index (χ2v) is 5.45. The summed E-state index contributed by atoms with van der Waals surface area (Å²) >= 11 is 6.64. The van der Waals surface area contributed by atoms with E-state index in [-0.39, 0.29) is 12.2 Å². The van der Waals surface area contributed by atoms with Crippen molar-refractivity contribution in [3.05, 3.63) is 39.0 Å². The summed E-state index contributed by atoms with van der Waals surface area (Å²) in [4.78, 5) is 22.5. The molecule has 7 nitrogen and oxygen atoms in total. The van der Waals surface area contributed by atoms with Gasteiger partial charge in [-0.3, -0.25) is 9.59 Å². The molecule has 0 bridgehead atoms. The molecule has 1 heterocycles. The second-order valence-electron chi connectivity index (χ2n) is 3.75. The Morgan fingerprint density at radius 3 is 2.55 bits per heavy atom. The van der Waals surface area contributed by atoms with Crippen LogP contribution in [0.1, 0.15) is 10.5 Å². The Bertz CT molecular complexity index is 651. The Hall–Kier alpha value is -1.74. The van der Waals surface area contributed by atoms with Gasteiger partial charge in [0.15, 0.2) is 5.69 Å². The number of carbonyl (C=O) groups is 2. The number of benzene rings is 1. The number of halogens is 2. The average molecular weight is 404 g/mol. The number of hydrogen-bond donors (Lipinski definition) is 2. The molecule has 1 aromatic heterocycles. The maximum Gasteiger partial charge on any atom is 0.325 e. The first-order valence-electron chi connectivity index (χ1n) is 5.34. The number of para-hydroxylation sites is 1. The van der Waals surface area contributed by atoms with Gasteiger partial charge >= 0.3 is 5.97 Å². The summed E-state index contributed by atoms with van der Waals surface area (Å²) in [6.07, 6.45) is 1.27. The van der Waals surface area contributed by atoms with Crippen LogP contribution in [-0.2, 0) is 11.3 Å². The quantitative estimate of drug-likeness (QED) is 0.814. The van der Waals surface area contributed by atoms with Crippen molar-refractivity contribution in [2.75, 3.05) is 5.32 Å². The van der Waals surface area contributed by atoms with Gasteiger partial charge in [0.05, 0.1) is 11.9 Å². The highest BCUT2D eigenvalue weighted by Crippen LogP contribution is 2.30. The first-order valence-corrected chi connectivity index (χ1v) is 6.93. The van der Waals surface area contributed by atoms with Crippen LogP contribution in [0, 0.1) is 0 Å². The standard InChI is InChI=1S/C11H8Br2N4O3/c12-6-2-1-3-7(13)10(6)14-11(20)8-4-17(16-15-8)5-9(18)19/h1-4H,5H2,(H,14,20)(H,18,19). The second kappa shape index (κ2) is 6.14. The topological polar surface area (TPSA) is 97.1 Å².